The number of rotatable bonds is 5. The summed E-state index contributed by atoms with van der Waals surface area (Å²) >= 11 is 3.49. The minimum Gasteiger partial charge on any atom is -0.496 e. The van der Waals surface area contributed by atoms with E-state index in [9.17, 15) is 0 Å². The molecule has 0 atom stereocenters. The van der Waals surface area contributed by atoms with E-state index < -0.39 is 0 Å². The van der Waals surface area contributed by atoms with Crippen molar-refractivity contribution in [2.45, 2.75) is 24.9 Å². The molecule has 0 bridgehead atoms. The SMILES string of the molecule is COc1ccc(Br)cc1CN(C)CC1(N)CC1. The van der Waals surface area contributed by atoms with Crippen molar-refractivity contribution in [2.24, 2.45) is 5.73 Å². The number of ether oxygens (including phenoxy) is 1. The summed E-state index contributed by atoms with van der Waals surface area (Å²) in [5.74, 6) is 0.932. The van der Waals surface area contributed by atoms with Gasteiger partial charge in [-0.3, -0.25) is 0 Å². The van der Waals surface area contributed by atoms with Crippen LogP contribution in [0.4, 0.5) is 0 Å². The molecular weight excluding hydrogens is 280 g/mol. The Bertz CT molecular complexity index is 404. The van der Waals surface area contributed by atoms with E-state index in [-0.39, 0.29) is 5.54 Å². The van der Waals surface area contributed by atoms with Crippen molar-refractivity contribution in [3.8, 4) is 5.75 Å². The summed E-state index contributed by atoms with van der Waals surface area (Å²) in [6.45, 7) is 1.81. The van der Waals surface area contributed by atoms with Gasteiger partial charge in [-0.25, -0.2) is 0 Å². The third kappa shape index (κ3) is 3.44. The van der Waals surface area contributed by atoms with E-state index in [2.05, 4.69) is 33.9 Å². The zero-order valence-electron chi connectivity index (χ0n) is 10.4. The quantitative estimate of drug-likeness (QED) is 0.907. The van der Waals surface area contributed by atoms with Gasteiger partial charge in [-0.15, -0.1) is 0 Å². The van der Waals surface area contributed by atoms with E-state index >= 15 is 0 Å². The fraction of sp³-hybridized carbons (Fsp3) is 0.538. The Balaban J connectivity index is 2.03. The van der Waals surface area contributed by atoms with E-state index in [0.29, 0.717) is 0 Å². The molecule has 0 aromatic heterocycles. The van der Waals surface area contributed by atoms with Crippen molar-refractivity contribution < 1.29 is 4.74 Å². The second-order valence-electron chi connectivity index (χ2n) is 4.99. The van der Waals surface area contributed by atoms with Crippen molar-refractivity contribution in [1.82, 2.24) is 4.90 Å². The van der Waals surface area contributed by atoms with Crippen LogP contribution in [0.5, 0.6) is 5.75 Å². The number of halogens is 1. The zero-order valence-corrected chi connectivity index (χ0v) is 12.0. The molecular formula is C13H19BrN2O. The van der Waals surface area contributed by atoms with Crippen LogP contribution >= 0.6 is 15.9 Å². The van der Waals surface area contributed by atoms with Crippen LogP contribution in [0, 0.1) is 0 Å². The van der Waals surface area contributed by atoms with E-state index in [0.717, 1.165) is 36.2 Å². The van der Waals surface area contributed by atoms with Gasteiger partial charge >= 0.3 is 0 Å². The highest BCUT2D eigenvalue weighted by atomic mass is 79.9. The van der Waals surface area contributed by atoms with Gasteiger partial charge in [0.25, 0.3) is 0 Å². The Morgan fingerprint density at radius 3 is 2.76 bits per heavy atom. The van der Waals surface area contributed by atoms with Crippen LogP contribution < -0.4 is 10.5 Å². The van der Waals surface area contributed by atoms with Crippen LogP contribution in [0.25, 0.3) is 0 Å². The lowest BCUT2D eigenvalue weighted by molar-refractivity contribution is 0.289. The number of nitrogens with two attached hydrogens (primary N) is 1. The standard InChI is InChI=1S/C13H19BrN2O/c1-16(9-13(15)5-6-13)8-10-7-11(14)3-4-12(10)17-2/h3-4,7H,5-6,8-9,15H2,1-2H3. The predicted molar refractivity (Wildman–Crippen MR) is 73.2 cm³/mol. The van der Waals surface area contributed by atoms with Crippen molar-refractivity contribution in [1.29, 1.82) is 0 Å². The summed E-state index contributed by atoms with van der Waals surface area (Å²) in [5, 5.41) is 0. The van der Waals surface area contributed by atoms with Crippen LogP contribution in [0.1, 0.15) is 18.4 Å². The molecule has 0 heterocycles. The van der Waals surface area contributed by atoms with Gasteiger partial charge in [0.05, 0.1) is 7.11 Å². The Morgan fingerprint density at radius 1 is 1.47 bits per heavy atom. The third-order valence-electron chi connectivity index (χ3n) is 3.16. The highest BCUT2D eigenvalue weighted by molar-refractivity contribution is 9.10. The molecule has 0 spiro atoms. The number of hydrogen-bond acceptors (Lipinski definition) is 3. The van der Waals surface area contributed by atoms with Crippen LogP contribution in [0.2, 0.25) is 0 Å². The molecule has 1 aromatic carbocycles. The van der Waals surface area contributed by atoms with Gasteiger partial charge in [-0.2, -0.15) is 0 Å². The van der Waals surface area contributed by atoms with Gasteiger partial charge in [0, 0.05) is 28.7 Å². The smallest absolute Gasteiger partial charge is 0.123 e. The molecule has 1 aliphatic rings. The maximum Gasteiger partial charge on any atom is 0.123 e. The second kappa shape index (κ2) is 4.96. The van der Waals surface area contributed by atoms with Gasteiger partial charge < -0.3 is 15.4 Å². The van der Waals surface area contributed by atoms with Gasteiger partial charge in [0.1, 0.15) is 5.75 Å². The average molecular weight is 299 g/mol. The topological polar surface area (TPSA) is 38.5 Å². The third-order valence-corrected chi connectivity index (χ3v) is 3.65. The van der Waals surface area contributed by atoms with Gasteiger partial charge in [0.2, 0.25) is 0 Å². The van der Waals surface area contributed by atoms with E-state index in [4.69, 9.17) is 10.5 Å². The number of nitrogens with zero attached hydrogens (tertiary/aromatic N) is 1. The van der Waals surface area contributed by atoms with Gasteiger partial charge in [-0.05, 0) is 38.1 Å². The Kier molecular flexibility index (Phi) is 3.76. The number of methoxy groups -OCH3 is 1. The molecule has 4 heteroatoms. The average Bonchev–Trinajstić information content (AvgIpc) is 2.96. The largest absolute Gasteiger partial charge is 0.496 e. The summed E-state index contributed by atoms with van der Waals surface area (Å²) in [5.41, 5.74) is 7.37. The summed E-state index contributed by atoms with van der Waals surface area (Å²) in [6.07, 6.45) is 2.29. The molecule has 0 aliphatic heterocycles. The van der Waals surface area contributed by atoms with Crippen LogP contribution in [0.3, 0.4) is 0 Å². The van der Waals surface area contributed by atoms with Crippen molar-refractivity contribution in [3.05, 3.63) is 28.2 Å². The minimum absolute atomic E-state index is 0.0635. The molecule has 1 fully saturated rings. The molecule has 0 radical (unpaired) electrons. The predicted octanol–water partition coefficient (Wildman–Crippen LogP) is 2.38. The van der Waals surface area contributed by atoms with Crippen molar-refractivity contribution in [2.75, 3.05) is 20.7 Å². The molecule has 17 heavy (non-hydrogen) atoms. The number of likely N-dealkylation sites (N-methyl/N-ethyl adjacent to an activating group) is 1. The zero-order chi connectivity index (χ0) is 12.5. The summed E-state index contributed by atoms with van der Waals surface area (Å²) in [6, 6.07) is 6.08. The lowest BCUT2D eigenvalue weighted by Gasteiger charge is -2.21. The fourth-order valence-electron chi connectivity index (χ4n) is 2.07. The van der Waals surface area contributed by atoms with E-state index in [1.807, 2.05) is 12.1 Å². The molecule has 3 nitrogen and oxygen atoms in total. The highest BCUT2D eigenvalue weighted by Crippen LogP contribution is 2.33. The summed E-state index contributed by atoms with van der Waals surface area (Å²) in [7, 11) is 3.81. The maximum atomic E-state index is 6.12. The minimum atomic E-state index is 0.0635. The van der Waals surface area contributed by atoms with Crippen molar-refractivity contribution in [3.63, 3.8) is 0 Å². The lowest BCUT2D eigenvalue weighted by atomic mass is 10.1. The number of benzene rings is 1. The van der Waals surface area contributed by atoms with E-state index in [1.165, 1.54) is 5.56 Å². The maximum absolute atomic E-state index is 6.12. The molecule has 1 aliphatic carbocycles. The highest BCUT2D eigenvalue weighted by Gasteiger charge is 2.38. The summed E-state index contributed by atoms with van der Waals surface area (Å²) < 4.78 is 6.45. The molecule has 0 unspecified atom stereocenters. The fourth-order valence-corrected chi connectivity index (χ4v) is 2.48. The molecule has 1 saturated carbocycles. The monoisotopic (exact) mass is 298 g/mol. The second-order valence-corrected chi connectivity index (χ2v) is 5.91. The van der Waals surface area contributed by atoms with Crippen molar-refractivity contribution >= 4 is 15.9 Å². The Labute approximate surface area is 111 Å². The van der Waals surface area contributed by atoms with Crippen LogP contribution in [-0.2, 0) is 6.54 Å². The first-order valence-corrected chi connectivity index (χ1v) is 6.61. The van der Waals surface area contributed by atoms with Crippen LogP contribution in [0.15, 0.2) is 22.7 Å². The Hall–Kier alpha value is -0.580. The molecule has 0 saturated heterocycles. The van der Waals surface area contributed by atoms with Gasteiger partial charge in [0.15, 0.2) is 0 Å². The Morgan fingerprint density at radius 2 is 2.18 bits per heavy atom. The van der Waals surface area contributed by atoms with Crippen LogP contribution in [-0.4, -0.2) is 31.1 Å². The molecule has 2 rings (SSSR count). The first kappa shape index (κ1) is 12.9. The normalized spacial score (nSPS) is 17.2. The number of hydrogen-bond donors (Lipinski definition) is 1. The molecule has 2 N–H and O–H groups in total. The first-order valence-electron chi connectivity index (χ1n) is 5.82. The molecule has 0 amide bonds. The summed E-state index contributed by atoms with van der Waals surface area (Å²) in [4.78, 5) is 2.26. The lowest BCUT2D eigenvalue weighted by Crippen LogP contribution is -2.36. The van der Waals surface area contributed by atoms with E-state index in [1.54, 1.807) is 7.11 Å². The van der Waals surface area contributed by atoms with Gasteiger partial charge in [-0.1, -0.05) is 15.9 Å². The molecule has 1 aromatic rings. The molecule has 94 valence electrons. The first-order chi connectivity index (χ1) is 8.02.